The topological polar surface area (TPSA) is 84.1 Å². The lowest BCUT2D eigenvalue weighted by Gasteiger charge is -2.25. The Hall–Kier alpha value is -2.86. The largest absolute Gasteiger partial charge is 0.332 e. The number of halogens is 4. The summed E-state index contributed by atoms with van der Waals surface area (Å²) in [5.41, 5.74) is 1.69. The number of alkyl halides is 1. The molecule has 2 aliphatic heterocycles. The lowest BCUT2D eigenvalue weighted by Crippen LogP contribution is -2.45. The van der Waals surface area contributed by atoms with Crippen molar-refractivity contribution in [1.82, 2.24) is 15.2 Å². The summed E-state index contributed by atoms with van der Waals surface area (Å²) >= 11 is 18.0. The zero-order valence-electron chi connectivity index (χ0n) is 17.9. The van der Waals surface area contributed by atoms with Crippen LogP contribution in [0.4, 0.5) is 4.39 Å². The molecule has 34 heavy (non-hydrogen) atoms. The molecule has 11 heteroatoms. The van der Waals surface area contributed by atoms with Crippen LogP contribution in [0.15, 0.2) is 52.6 Å². The van der Waals surface area contributed by atoms with Crippen LogP contribution < -0.4 is 5.32 Å². The van der Waals surface area contributed by atoms with Crippen molar-refractivity contribution < 1.29 is 9.18 Å². The maximum Gasteiger partial charge on any atom is 0.228 e. The van der Waals surface area contributed by atoms with Crippen molar-refractivity contribution in [3.63, 3.8) is 0 Å². The number of guanidine groups is 1. The number of benzene rings is 2. The lowest BCUT2D eigenvalue weighted by molar-refractivity contribution is -0.128. The zero-order chi connectivity index (χ0) is 24.2. The van der Waals surface area contributed by atoms with Crippen LogP contribution in [0.25, 0.3) is 0 Å². The molecule has 0 saturated carbocycles. The number of hydrazone groups is 1. The summed E-state index contributed by atoms with van der Waals surface area (Å²) in [7, 11) is 0. The summed E-state index contributed by atoms with van der Waals surface area (Å²) in [6, 6.07) is 11.3. The van der Waals surface area contributed by atoms with Gasteiger partial charge in [-0.3, -0.25) is 10.1 Å². The van der Waals surface area contributed by atoms with E-state index >= 15 is 0 Å². The van der Waals surface area contributed by atoms with Gasteiger partial charge in [-0.1, -0.05) is 53.0 Å². The predicted molar refractivity (Wildman–Crippen MR) is 131 cm³/mol. The Balaban J connectivity index is 1.61. The number of nitrogens with one attached hydrogen (secondary N) is 1. The van der Waals surface area contributed by atoms with Gasteiger partial charge in [0.2, 0.25) is 11.9 Å². The number of carbonyl (C=O) groups is 1. The number of likely N-dealkylation sites (tertiary alicyclic amines) is 1. The fourth-order valence-electron chi connectivity index (χ4n) is 3.99. The third kappa shape index (κ3) is 5.27. The van der Waals surface area contributed by atoms with Gasteiger partial charge in [0.1, 0.15) is 6.17 Å². The van der Waals surface area contributed by atoms with Crippen molar-refractivity contribution in [2.75, 3.05) is 19.6 Å². The highest BCUT2D eigenvalue weighted by Gasteiger charge is 2.38. The maximum atomic E-state index is 14.9. The van der Waals surface area contributed by atoms with Gasteiger partial charge in [-0.05, 0) is 30.7 Å². The van der Waals surface area contributed by atoms with Crippen LogP contribution in [-0.4, -0.2) is 53.2 Å². The molecule has 1 fully saturated rings. The van der Waals surface area contributed by atoms with E-state index in [2.05, 4.69) is 15.4 Å². The zero-order valence-corrected chi connectivity index (χ0v) is 20.2. The standard InChI is InChI=1S/C23H20Cl3FN6O/c24-15-5-3-14(4-6-15)22-20(32-9-1-2-21(32)34)12-33(31-22)23(30-13-28)29-11-19(27)17-8-7-16(25)10-18(17)26/h3-8,10,19-20H,1-2,9,11-12H2,(H,29,30). The lowest BCUT2D eigenvalue weighted by atomic mass is 10.0. The van der Waals surface area contributed by atoms with E-state index < -0.39 is 6.17 Å². The monoisotopic (exact) mass is 520 g/mol. The Morgan fingerprint density at radius 2 is 1.97 bits per heavy atom. The summed E-state index contributed by atoms with van der Waals surface area (Å²) in [4.78, 5) is 18.5. The van der Waals surface area contributed by atoms with Gasteiger partial charge in [0.25, 0.3) is 0 Å². The number of nitrogens with zero attached hydrogens (tertiary/aromatic N) is 5. The number of hydrogen-bond acceptors (Lipinski definition) is 4. The number of hydrogen-bond donors (Lipinski definition) is 1. The van der Waals surface area contributed by atoms with Gasteiger partial charge in [0.05, 0.1) is 24.8 Å². The fraction of sp³-hybridized carbons (Fsp3) is 0.304. The summed E-state index contributed by atoms with van der Waals surface area (Å²) in [6.07, 6.45) is 1.56. The van der Waals surface area contributed by atoms with Crippen LogP contribution in [0.3, 0.4) is 0 Å². The summed E-state index contributed by atoms with van der Waals surface area (Å²) in [5, 5.41) is 19.1. The van der Waals surface area contributed by atoms with E-state index in [0.29, 0.717) is 28.7 Å². The van der Waals surface area contributed by atoms with Gasteiger partial charge in [-0.25, -0.2) is 14.4 Å². The SMILES string of the molecule is N#CNC(=NCC(F)c1ccc(Cl)cc1Cl)N1CC(N2CCCC2=O)C(c2ccc(Cl)cc2)=N1. The van der Waals surface area contributed by atoms with Crippen molar-refractivity contribution in [2.45, 2.75) is 25.1 Å². The van der Waals surface area contributed by atoms with Crippen LogP contribution in [0.1, 0.15) is 30.1 Å². The summed E-state index contributed by atoms with van der Waals surface area (Å²) in [6.45, 7) is 0.598. The molecule has 0 radical (unpaired) electrons. The van der Waals surface area contributed by atoms with Gasteiger partial charge < -0.3 is 4.90 Å². The molecule has 2 unspecified atom stereocenters. The van der Waals surface area contributed by atoms with Gasteiger partial charge in [-0.15, -0.1) is 0 Å². The normalized spacial score (nSPS) is 19.3. The first-order chi connectivity index (χ1) is 16.4. The average Bonchev–Trinajstić information content (AvgIpc) is 3.43. The van der Waals surface area contributed by atoms with Gasteiger partial charge in [0.15, 0.2) is 6.19 Å². The highest BCUT2D eigenvalue weighted by Crippen LogP contribution is 2.29. The minimum Gasteiger partial charge on any atom is -0.332 e. The highest BCUT2D eigenvalue weighted by molar-refractivity contribution is 6.35. The number of rotatable bonds is 5. The molecule has 0 bridgehead atoms. The quantitative estimate of drug-likeness (QED) is 0.265. The second-order valence-electron chi connectivity index (χ2n) is 7.82. The van der Waals surface area contributed by atoms with E-state index in [1.54, 1.807) is 23.1 Å². The second kappa shape index (κ2) is 10.6. The molecule has 2 heterocycles. The molecule has 1 N–H and O–H groups in total. The molecule has 1 saturated heterocycles. The second-order valence-corrected chi connectivity index (χ2v) is 9.10. The minimum absolute atomic E-state index is 0.0430. The Morgan fingerprint density at radius 1 is 1.24 bits per heavy atom. The molecule has 0 aliphatic carbocycles. The number of aliphatic imine (C=N–C) groups is 1. The first kappa shape index (κ1) is 24.3. The Labute approximate surface area is 211 Å². The molecule has 0 spiro atoms. The van der Waals surface area contributed by atoms with Gasteiger partial charge >= 0.3 is 0 Å². The minimum atomic E-state index is -1.52. The van der Waals surface area contributed by atoms with Crippen molar-refractivity contribution >= 4 is 52.4 Å². The molecule has 7 nitrogen and oxygen atoms in total. The molecule has 4 rings (SSSR count). The molecule has 1 amide bonds. The fourth-order valence-corrected chi connectivity index (χ4v) is 4.65. The van der Waals surface area contributed by atoms with E-state index in [-0.39, 0.29) is 41.6 Å². The van der Waals surface area contributed by atoms with Crippen molar-refractivity contribution in [3.05, 3.63) is 68.7 Å². The molecule has 2 aromatic carbocycles. The number of carbonyl (C=O) groups excluding carboxylic acids is 1. The van der Waals surface area contributed by atoms with E-state index in [0.717, 1.165) is 12.0 Å². The first-order valence-electron chi connectivity index (χ1n) is 10.6. The van der Waals surface area contributed by atoms with Crippen LogP contribution in [0, 0.1) is 11.5 Å². The van der Waals surface area contributed by atoms with Crippen molar-refractivity contribution in [1.29, 1.82) is 5.26 Å². The molecular formula is C23H20Cl3FN6O. The molecule has 176 valence electrons. The van der Waals surface area contributed by atoms with E-state index in [9.17, 15) is 14.4 Å². The van der Waals surface area contributed by atoms with Crippen LogP contribution >= 0.6 is 34.8 Å². The number of amides is 1. The number of nitriles is 1. The molecule has 2 atom stereocenters. The first-order valence-corrected chi connectivity index (χ1v) is 11.7. The van der Waals surface area contributed by atoms with Gasteiger partial charge in [-0.2, -0.15) is 10.4 Å². The summed E-state index contributed by atoms with van der Waals surface area (Å²) < 4.78 is 14.9. The van der Waals surface area contributed by atoms with Gasteiger partial charge in [0, 0.05) is 39.2 Å². The molecular weight excluding hydrogens is 502 g/mol. The average molecular weight is 522 g/mol. The Bertz CT molecular complexity index is 1180. The van der Waals surface area contributed by atoms with Crippen molar-refractivity contribution in [3.8, 4) is 6.19 Å². The predicted octanol–water partition coefficient (Wildman–Crippen LogP) is 4.79. The Morgan fingerprint density at radius 3 is 2.62 bits per heavy atom. The van der Waals surface area contributed by atoms with Crippen LogP contribution in [0.5, 0.6) is 0 Å². The third-order valence-electron chi connectivity index (χ3n) is 5.63. The maximum absolute atomic E-state index is 14.9. The van der Waals surface area contributed by atoms with Crippen LogP contribution in [-0.2, 0) is 4.79 Å². The van der Waals surface area contributed by atoms with Crippen LogP contribution in [0.2, 0.25) is 15.1 Å². The molecule has 2 aliphatic rings. The molecule has 2 aromatic rings. The van der Waals surface area contributed by atoms with Crippen molar-refractivity contribution in [2.24, 2.45) is 10.1 Å². The summed E-state index contributed by atoms with van der Waals surface area (Å²) in [5.74, 6) is 0.122. The van der Waals surface area contributed by atoms with E-state index in [1.165, 1.54) is 17.1 Å². The third-order valence-corrected chi connectivity index (χ3v) is 6.44. The smallest absolute Gasteiger partial charge is 0.228 e. The Kier molecular flexibility index (Phi) is 7.57. The highest BCUT2D eigenvalue weighted by atomic mass is 35.5. The molecule has 0 aromatic heterocycles. The van der Waals surface area contributed by atoms with E-state index in [1.807, 2.05) is 18.3 Å². The van der Waals surface area contributed by atoms with E-state index in [4.69, 9.17) is 34.8 Å².